The van der Waals surface area contributed by atoms with Crippen LogP contribution in [0.2, 0.25) is 0 Å². The second-order valence-corrected chi connectivity index (χ2v) is 16.1. The summed E-state index contributed by atoms with van der Waals surface area (Å²) in [5, 5.41) is 4.14. The Bertz CT molecular complexity index is 3550. The van der Waals surface area contributed by atoms with E-state index in [1.165, 1.54) is 5.56 Å². The van der Waals surface area contributed by atoms with E-state index in [2.05, 4.69) is 251 Å². The van der Waals surface area contributed by atoms with Gasteiger partial charge in [0.1, 0.15) is 16.7 Å². The lowest BCUT2D eigenvalue weighted by molar-refractivity contribution is 0.668. The molecule has 0 unspecified atom stereocenters. The third-order valence-corrected chi connectivity index (χ3v) is 12.2. The molecule has 0 fully saturated rings. The van der Waals surface area contributed by atoms with E-state index in [0.29, 0.717) is 0 Å². The highest BCUT2D eigenvalue weighted by molar-refractivity contribution is 6.16. The number of para-hydroxylation sites is 6. The van der Waals surface area contributed by atoms with Crippen LogP contribution in [0, 0.1) is 0 Å². The van der Waals surface area contributed by atoms with Crippen LogP contribution in [0.15, 0.2) is 258 Å². The molecule has 0 bridgehead atoms. The molecule has 0 spiro atoms. The number of hydrogen-bond acceptors (Lipinski definition) is 5. The van der Waals surface area contributed by atoms with Crippen molar-refractivity contribution in [2.45, 2.75) is 0 Å². The van der Waals surface area contributed by atoms with E-state index in [1.807, 2.05) is 12.1 Å². The number of furan rings is 2. The average molecular weight is 836 g/mol. The monoisotopic (exact) mass is 835 g/mol. The zero-order valence-electron chi connectivity index (χ0n) is 35.3. The molecular formula is C60H41N3O2. The summed E-state index contributed by atoms with van der Waals surface area (Å²) in [6.45, 7) is 0. The van der Waals surface area contributed by atoms with Crippen molar-refractivity contribution in [2.24, 2.45) is 0 Å². The van der Waals surface area contributed by atoms with Crippen LogP contribution in [0.4, 0.5) is 51.2 Å². The Morgan fingerprint density at radius 1 is 0.246 bits per heavy atom. The van der Waals surface area contributed by atoms with Crippen LogP contribution in [0.1, 0.15) is 0 Å². The van der Waals surface area contributed by atoms with Crippen molar-refractivity contribution in [3.05, 3.63) is 249 Å². The molecule has 0 atom stereocenters. The van der Waals surface area contributed by atoms with Crippen molar-refractivity contribution in [1.29, 1.82) is 0 Å². The Balaban J connectivity index is 1.14. The topological polar surface area (TPSA) is 36.0 Å². The van der Waals surface area contributed by atoms with Crippen molar-refractivity contribution in [3.8, 4) is 11.1 Å². The van der Waals surface area contributed by atoms with Crippen molar-refractivity contribution in [2.75, 3.05) is 14.7 Å². The average Bonchev–Trinajstić information content (AvgIpc) is 3.95. The fraction of sp³-hybridized carbons (Fsp3) is 0. The minimum absolute atomic E-state index is 0.784. The number of hydrogen-bond donors (Lipinski definition) is 0. The second kappa shape index (κ2) is 16.2. The van der Waals surface area contributed by atoms with Gasteiger partial charge in [0.25, 0.3) is 0 Å². The molecule has 12 aromatic rings. The minimum Gasteiger partial charge on any atom is -0.456 e. The van der Waals surface area contributed by atoms with Gasteiger partial charge in [-0.25, -0.2) is 0 Å². The summed E-state index contributed by atoms with van der Waals surface area (Å²) in [4.78, 5) is 6.99. The summed E-state index contributed by atoms with van der Waals surface area (Å²) >= 11 is 0. The number of nitrogens with zero attached hydrogens (tertiary/aromatic N) is 3. The maximum Gasteiger partial charge on any atom is 0.159 e. The van der Waals surface area contributed by atoms with Crippen LogP contribution in [0.3, 0.4) is 0 Å². The van der Waals surface area contributed by atoms with Gasteiger partial charge in [-0.3, -0.25) is 0 Å². The van der Waals surface area contributed by atoms with Gasteiger partial charge in [-0.2, -0.15) is 0 Å². The second-order valence-electron chi connectivity index (χ2n) is 16.1. The van der Waals surface area contributed by atoms with Gasteiger partial charge in [-0.1, -0.05) is 152 Å². The third-order valence-electron chi connectivity index (χ3n) is 12.2. The van der Waals surface area contributed by atoms with Crippen LogP contribution in [-0.4, -0.2) is 0 Å². The standard InChI is InChI=1S/C60H41N3O2/c1-6-20-42(21-7-1)43-34-36-48(37-35-43)62(45-24-10-3-11-25-45)54-39-50(41-58-59(54)52-31-17-19-33-57(52)64-58)61(44-22-8-2-9-23-44)49-38-53-51-30-16-18-32-56(51)65-60(53)55(40-49)63(46-26-12-4-13-27-46)47-28-14-5-15-29-47/h1-41H. The summed E-state index contributed by atoms with van der Waals surface area (Å²) in [6.07, 6.45) is 0. The molecule has 0 aliphatic carbocycles. The maximum absolute atomic E-state index is 6.87. The lowest BCUT2D eigenvalue weighted by Crippen LogP contribution is -2.15. The lowest BCUT2D eigenvalue weighted by atomic mass is 10.0. The van der Waals surface area contributed by atoms with Crippen LogP contribution in [0.5, 0.6) is 0 Å². The predicted octanol–water partition coefficient (Wildman–Crippen LogP) is 17.6. The first-order chi connectivity index (χ1) is 32.2. The van der Waals surface area contributed by atoms with Crippen LogP contribution in [0.25, 0.3) is 55.0 Å². The molecule has 308 valence electrons. The molecule has 0 aliphatic rings. The third kappa shape index (κ3) is 6.83. The fourth-order valence-electron chi connectivity index (χ4n) is 9.26. The maximum atomic E-state index is 6.87. The number of anilines is 9. The quantitative estimate of drug-likeness (QED) is 0.137. The van der Waals surface area contributed by atoms with Crippen molar-refractivity contribution in [3.63, 3.8) is 0 Å². The Morgan fingerprint density at radius 2 is 0.662 bits per heavy atom. The number of fused-ring (bicyclic) bond motifs is 6. The first-order valence-corrected chi connectivity index (χ1v) is 21.9. The van der Waals surface area contributed by atoms with E-state index in [4.69, 9.17) is 8.83 Å². The van der Waals surface area contributed by atoms with E-state index >= 15 is 0 Å². The van der Waals surface area contributed by atoms with Crippen LogP contribution < -0.4 is 14.7 Å². The molecule has 0 N–H and O–H groups in total. The molecular weight excluding hydrogens is 795 g/mol. The van der Waals surface area contributed by atoms with E-state index in [1.54, 1.807) is 0 Å². The van der Waals surface area contributed by atoms with E-state index < -0.39 is 0 Å². The summed E-state index contributed by atoms with van der Waals surface area (Å²) in [6, 6.07) is 87.3. The van der Waals surface area contributed by atoms with Gasteiger partial charge in [0, 0.05) is 56.3 Å². The molecule has 2 aromatic heterocycles. The smallest absolute Gasteiger partial charge is 0.159 e. The molecule has 5 heteroatoms. The Hall–Kier alpha value is -8.80. The van der Waals surface area contributed by atoms with Gasteiger partial charge < -0.3 is 23.5 Å². The lowest BCUT2D eigenvalue weighted by Gasteiger charge is -2.31. The molecule has 0 amide bonds. The molecule has 10 aromatic carbocycles. The highest BCUT2D eigenvalue weighted by Gasteiger charge is 2.27. The van der Waals surface area contributed by atoms with E-state index in [0.717, 1.165) is 101 Å². The minimum atomic E-state index is 0.784. The van der Waals surface area contributed by atoms with Gasteiger partial charge in [-0.05, 0) is 102 Å². The number of benzene rings is 10. The molecule has 0 saturated heterocycles. The van der Waals surface area contributed by atoms with Gasteiger partial charge in [0.2, 0.25) is 0 Å². The fourth-order valence-corrected chi connectivity index (χ4v) is 9.26. The molecule has 0 aliphatic heterocycles. The summed E-state index contributed by atoms with van der Waals surface area (Å²) in [5.41, 5.74) is 14.5. The summed E-state index contributed by atoms with van der Waals surface area (Å²) < 4.78 is 13.7. The summed E-state index contributed by atoms with van der Waals surface area (Å²) in [7, 11) is 0. The largest absolute Gasteiger partial charge is 0.456 e. The Labute approximate surface area is 376 Å². The highest BCUT2D eigenvalue weighted by atomic mass is 16.3. The van der Waals surface area contributed by atoms with Gasteiger partial charge in [0.15, 0.2) is 5.58 Å². The Kier molecular flexibility index (Phi) is 9.42. The van der Waals surface area contributed by atoms with Crippen molar-refractivity contribution >= 4 is 95.1 Å². The molecule has 65 heavy (non-hydrogen) atoms. The van der Waals surface area contributed by atoms with Gasteiger partial charge >= 0.3 is 0 Å². The van der Waals surface area contributed by atoms with Gasteiger partial charge in [-0.15, -0.1) is 0 Å². The molecule has 12 rings (SSSR count). The zero-order valence-corrected chi connectivity index (χ0v) is 35.3. The predicted molar refractivity (Wildman–Crippen MR) is 270 cm³/mol. The van der Waals surface area contributed by atoms with Crippen molar-refractivity contribution in [1.82, 2.24) is 0 Å². The zero-order chi connectivity index (χ0) is 43.1. The normalized spacial score (nSPS) is 11.4. The first-order valence-electron chi connectivity index (χ1n) is 21.9. The molecule has 0 saturated carbocycles. The van der Waals surface area contributed by atoms with E-state index in [9.17, 15) is 0 Å². The Morgan fingerprint density at radius 3 is 1.25 bits per heavy atom. The summed E-state index contributed by atoms with van der Waals surface area (Å²) in [5.74, 6) is 0. The highest BCUT2D eigenvalue weighted by Crippen LogP contribution is 2.50. The van der Waals surface area contributed by atoms with Crippen molar-refractivity contribution < 1.29 is 8.83 Å². The number of rotatable bonds is 10. The van der Waals surface area contributed by atoms with Crippen LogP contribution in [-0.2, 0) is 0 Å². The molecule has 0 radical (unpaired) electrons. The van der Waals surface area contributed by atoms with Gasteiger partial charge in [0.05, 0.1) is 22.4 Å². The SMILES string of the molecule is c1ccc(-c2ccc(N(c3ccccc3)c3cc(N(c4ccccc4)c4cc(N(c5ccccc5)c5ccccc5)c5oc6ccccc6c5c4)cc4oc5ccccc5c34)cc2)cc1. The first kappa shape index (κ1) is 37.9. The molecule has 5 nitrogen and oxygen atoms in total. The van der Waals surface area contributed by atoms with E-state index in [-0.39, 0.29) is 0 Å². The van der Waals surface area contributed by atoms with Crippen LogP contribution >= 0.6 is 0 Å². The molecule has 2 heterocycles.